The highest BCUT2D eigenvalue weighted by atomic mass is 16.1. The van der Waals surface area contributed by atoms with Gasteiger partial charge in [-0.3, -0.25) is 9.89 Å². The molecule has 0 saturated carbocycles. The van der Waals surface area contributed by atoms with Crippen LogP contribution < -0.4 is 5.32 Å². The van der Waals surface area contributed by atoms with Gasteiger partial charge in [0.2, 0.25) is 0 Å². The molecule has 1 fully saturated rings. The van der Waals surface area contributed by atoms with E-state index < -0.39 is 0 Å². The van der Waals surface area contributed by atoms with Crippen LogP contribution in [-0.4, -0.2) is 47.2 Å². The first-order valence-corrected chi connectivity index (χ1v) is 6.07. The lowest BCUT2D eigenvalue weighted by Gasteiger charge is -2.35. The van der Waals surface area contributed by atoms with Crippen LogP contribution in [0, 0.1) is 12.8 Å². The lowest BCUT2D eigenvalue weighted by atomic mass is 9.94. The third-order valence-corrected chi connectivity index (χ3v) is 3.50. The quantitative estimate of drug-likeness (QED) is 0.798. The summed E-state index contributed by atoms with van der Waals surface area (Å²) in [6.07, 6.45) is 2.60. The zero-order valence-corrected chi connectivity index (χ0v) is 10.7. The summed E-state index contributed by atoms with van der Waals surface area (Å²) in [4.78, 5) is 14.3. The van der Waals surface area contributed by atoms with Crippen LogP contribution >= 0.6 is 0 Å². The van der Waals surface area contributed by atoms with Crippen LogP contribution in [0.25, 0.3) is 0 Å². The molecule has 2 N–H and O–H groups in total. The molecule has 1 aliphatic rings. The van der Waals surface area contributed by atoms with Gasteiger partial charge in [-0.25, -0.2) is 0 Å². The maximum atomic E-state index is 12.0. The van der Waals surface area contributed by atoms with Crippen molar-refractivity contribution in [1.29, 1.82) is 0 Å². The number of H-pyrrole nitrogens is 1. The third kappa shape index (κ3) is 2.66. The summed E-state index contributed by atoms with van der Waals surface area (Å²) >= 11 is 0. The zero-order valence-electron chi connectivity index (χ0n) is 10.7. The summed E-state index contributed by atoms with van der Waals surface area (Å²) in [7, 11) is 2.12. The van der Waals surface area contributed by atoms with Gasteiger partial charge in [0.25, 0.3) is 5.91 Å². The number of piperidine rings is 1. The van der Waals surface area contributed by atoms with E-state index in [1.54, 1.807) is 6.20 Å². The largest absolute Gasteiger partial charge is 0.349 e. The SMILES string of the molecule is Cc1[nH]ncc1C(=O)NC1CCN(C)CC1C. The number of nitrogens with zero attached hydrogens (tertiary/aromatic N) is 2. The van der Waals surface area contributed by atoms with E-state index in [9.17, 15) is 4.79 Å². The Morgan fingerprint density at radius 2 is 2.41 bits per heavy atom. The second kappa shape index (κ2) is 4.87. The number of amides is 1. The van der Waals surface area contributed by atoms with Crippen LogP contribution in [0.2, 0.25) is 0 Å². The maximum Gasteiger partial charge on any atom is 0.254 e. The molecule has 1 aromatic heterocycles. The van der Waals surface area contributed by atoms with Crippen molar-refractivity contribution in [2.24, 2.45) is 5.92 Å². The Balaban J connectivity index is 1.97. The van der Waals surface area contributed by atoms with E-state index in [0.29, 0.717) is 11.5 Å². The molecule has 1 amide bonds. The van der Waals surface area contributed by atoms with E-state index in [1.807, 2.05) is 6.92 Å². The Labute approximate surface area is 102 Å². The standard InChI is InChI=1S/C12H20N4O/c1-8-7-16(3)5-4-11(8)14-12(17)10-6-13-15-9(10)2/h6,8,11H,4-5,7H2,1-3H3,(H,13,15)(H,14,17). The minimum Gasteiger partial charge on any atom is -0.349 e. The predicted octanol–water partition coefficient (Wildman–Crippen LogP) is 0.788. The van der Waals surface area contributed by atoms with Gasteiger partial charge < -0.3 is 10.2 Å². The molecule has 0 radical (unpaired) electrons. The van der Waals surface area contributed by atoms with Crippen LogP contribution in [0.3, 0.4) is 0 Å². The normalized spacial score (nSPS) is 25.8. The third-order valence-electron chi connectivity index (χ3n) is 3.50. The molecule has 1 saturated heterocycles. The number of likely N-dealkylation sites (tertiary alicyclic amines) is 1. The fraction of sp³-hybridized carbons (Fsp3) is 0.667. The van der Waals surface area contributed by atoms with E-state index in [1.165, 1.54) is 0 Å². The van der Waals surface area contributed by atoms with Gasteiger partial charge in [-0.2, -0.15) is 5.10 Å². The first-order chi connectivity index (χ1) is 8.08. The molecular formula is C12H20N4O. The molecule has 94 valence electrons. The summed E-state index contributed by atoms with van der Waals surface area (Å²) in [6.45, 7) is 6.12. The average molecular weight is 236 g/mol. The van der Waals surface area contributed by atoms with E-state index in [2.05, 4.69) is 34.4 Å². The van der Waals surface area contributed by atoms with Gasteiger partial charge in [0.05, 0.1) is 11.8 Å². The van der Waals surface area contributed by atoms with Crippen molar-refractivity contribution in [3.63, 3.8) is 0 Å². The van der Waals surface area contributed by atoms with E-state index in [4.69, 9.17) is 0 Å². The molecule has 2 heterocycles. The first-order valence-electron chi connectivity index (χ1n) is 6.07. The number of carbonyl (C=O) groups excluding carboxylic acids is 1. The number of hydrogen-bond acceptors (Lipinski definition) is 3. The monoisotopic (exact) mass is 236 g/mol. The fourth-order valence-corrected chi connectivity index (χ4v) is 2.39. The van der Waals surface area contributed by atoms with Crippen molar-refractivity contribution in [3.05, 3.63) is 17.5 Å². The second-order valence-corrected chi connectivity index (χ2v) is 5.02. The molecule has 1 aliphatic heterocycles. The summed E-state index contributed by atoms with van der Waals surface area (Å²) in [5, 5.41) is 9.77. The van der Waals surface area contributed by atoms with Gasteiger partial charge in [0, 0.05) is 18.3 Å². The molecule has 17 heavy (non-hydrogen) atoms. The van der Waals surface area contributed by atoms with Gasteiger partial charge in [0.1, 0.15) is 0 Å². The van der Waals surface area contributed by atoms with Gasteiger partial charge >= 0.3 is 0 Å². The van der Waals surface area contributed by atoms with Crippen molar-refractivity contribution < 1.29 is 4.79 Å². The van der Waals surface area contributed by atoms with Crippen LogP contribution in [0.1, 0.15) is 29.4 Å². The number of nitrogens with one attached hydrogen (secondary N) is 2. The lowest BCUT2D eigenvalue weighted by Crippen LogP contribution is -2.48. The molecule has 2 atom stereocenters. The van der Waals surface area contributed by atoms with Crippen molar-refractivity contribution in [2.45, 2.75) is 26.3 Å². The Morgan fingerprint density at radius 1 is 1.65 bits per heavy atom. The fourth-order valence-electron chi connectivity index (χ4n) is 2.39. The van der Waals surface area contributed by atoms with Crippen molar-refractivity contribution in [2.75, 3.05) is 20.1 Å². The van der Waals surface area contributed by atoms with Gasteiger partial charge in [-0.15, -0.1) is 0 Å². The molecule has 0 aliphatic carbocycles. The highest BCUT2D eigenvalue weighted by Gasteiger charge is 2.26. The highest BCUT2D eigenvalue weighted by molar-refractivity contribution is 5.95. The summed E-state index contributed by atoms with van der Waals surface area (Å²) in [6, 6.07) is 0.271. The number of carbonyl (C=O) groups is 1. The topological polar surface area (TPSA) is 61.0 Å². The zero-order chi connectivity index (χ0) is 12.4. The molecule has 2 unspecified atom stereocenters. The van der Waals surface area contributed by atoms with E-state index in [-0.39, 0.29) is 11.9 Å². The van der Waals surface area contributed by atoms with Crippen molar-refractivity contribution in [1.82, 2.24) is 20.4 Å². The Hall–Kier alpha value is -1.36. The predicted molar refractivity (Wildman–Crippen MR) is 65.9 cm³/mol. The smallest absolute Gasteiger partial charge is 0.254 e. The molecular weight excluding hydrogens is 216 g/mol. The number of hydrogen-bond donors (Lipinski definition) is 2. The summed E-state index contributed by atoms with van der Waals surface area (Å²) < 4.78 is 0. The average Bonchev–Trinajstić information content (AvgIpc) is 2.68. The molecule has 2 rings (SSSR count). The van der Waals surface area contributed by atoms with Crippen molar-refractivity contribution >= 4 is 5.91 Å². The van der Waals surface area contributed by atoms with E-state index in [0.717, 1.165) is 25.2 Å². The number of aromatic nitrogens is 2. The van der Waals surface area contributed by atoms with Gasteiger partial charge in [0.15, 0.2) is 0 Å². The molecule has 0 aromatic carbocycles. The number of aromatic amines is 1. The number of rotatable bonds is 2. The summed E-state index contributed by atoms with van der Waals surface area (Å²) in [5.41, 5.74) is 1.47. The van der Waals surface area contributed by atoms with Crippen LogP contribution in [-0.2, 0) is 0 Å². The molecule has 1 aromatic rings. The van der Waals surface area contributed by atoms with Crippen LogP contribution in [0.4, 0.5) is 0 Å². The molecule has 0 spiro atoms. The summed E-state index contributed by atoms with van der Waals surface area (Å²) in [5.74, 6) is 0.475. The van der Waals surface area contributed by atoms with Crippen molar-refractivity contribution in [3.8, 4) is 0 Å². The minimum atomic E-state index is -0.0161. The molecule has 5 nitrogen and oxygen atoms in total. The molecule has 5 heteroatoms. The van der Waals surface area contributed by atoms with Crippen LogP contribution in [0.5, 0.6) is 0 Å². The Morgan fingerprint density at radius 3 is 3.00 bits per heavy atom. The number of aryl methyl sites for hydroxylation is 1. The first kappa shape index (κ1) is 12.1. The van der Waals surface area contributed by atoms with Gasteiger partial charge in [-0.1, -0.05) is 6.92 Å². The Bertz CT molecular complexity index is 401. The minimum absolute atomic E-state index is 0.0161. The van der Waals surface area contributed by atoms with E-state index >= 15 is 0 Å². The van der Waals surface area contributed by atoms with Crippen LogP contribution in [0.15, 0.2) is 6.20 Å². The van der Waals surface area contributed by atoms with Gasteiger partial charge in [-0.05, 0) is 32.9 Å². The second-order valence-electron chi connectivity index (χ2n) is 5.02. The maximum absolute atomic E-state index is 12.0. The Kier molecular flexibility index (Phi) is 3.47. The lowest BCUT2D eigenvalue weighted by molar-refractivity contribution is 0.0883. The highest BCUT2D eigenvalue weighted by Crippen LogP contribution is 2.16. The molecule has 0 bridgehead atoms.